The standard InChI is InChI=1S/C17H28N4/c1-14(2)11-18-12-15-10-16(5-6-19-15)21-9-8-20-7-3-4-17(20)13-21/h5-6,10,14,17-18H,3-4,7-9,11-13H2,1-2H3. The van der Waals surface area contributed by atoms with E-state index in [1.807, 2.05) is 6.20 Å². The minimum atomic E-state index is 0.684. The summed E-state index contributed by atoms with van der Waals surface area (Å²) in [6.45, 7) is 11.2. The Bertz CT molecular complexity index is 460. The van der Waals surface area contributed by atoms with Crippen LogP contribution < -0.4 is 10.2 Å². The molecule has 1 aromatic heterocycles. The van der Waals surface area contributed by atoms with Crippen molar-refractivity contribution in [3.63, 3.8) is 0 Å². The van der Waals surface area contributed by atoms with E-state index in [4.69, 9.17) is 0 Å². The molecule has 1 unspecified atom stereocenters. The lowest BCUT2D eigenvalue weighted by Crippen LogP contribution is -2.50. The molecule has 21 heavy (non-hydrogen) atoms. The normalized spacial score (nSPS) is 22.8. The Morgan fingerprint density at radius 3 is 3.10 bits per heavy atom. The SMILES string of the molecule is CC(C)CNCc1cc(N2CCN3CCCC3C2)ccn1. The van der Waals surface area contributed by atoms with Gasteiger partial charge in [0.25, 0.3) is 0 Å². The predicted molar refractivity (Wildman–Crippen MR) is 87.6 cm³/mol. The van der Waals surface area contributed by atoms with Crippen LogP contribution >= 0.6 is 0 Å². The quantitative estimate of drug-likeness (QED) is 0.899. The van der Waals surface area contributed by atoms with E-state index in [0.717, 1.165) is 31.4 Å². The number of hydrogen-bond acceptors (Lipinski definition) is 4. The molecule has 0 radical (unpaired) electrons. The van der Waals surface area contributed by atoms with Gasteiger partial charge in [0, 0.05) is 44.1 Å². The highest BCUT2D eigenvalue weighted by Gasteiger charge is 2.30. The molecule has 0 aromatic carbocycles. The van der Waals surface area contributed by atoms with E-state index < -0.39 is 0 Å². The number of anilines is 1. The van der Waals surface area contributed by atoms with E-state index in [1.165, 1.54) is 38.2 Å². The van der Waals surface area contributed by atoms with Gasteiger partial charge in [-0.3, -0.25) is 9.88 Å². The maximum atomic E-state index is 4.50. The molecule has 1 atom stereocenters. The molecule has 2 fully saturated rings. The maximum absolute atomic E-state index is 4.50. The number of pyridine rings is 1. The Labute approximate surface area is 128 Å². The molecule has 3 heterocycles. The molecule has 1 N–H and O–H groups in total. The summed E-state index contributed by atoms with van der Waals surface area (Å²) < 4.78 is 0. The van der Waals surface area contributed by atoms with Gasteiger partial charge in [-0.1, -0.05) is 13.8 Å². The van der Waals surface area contributed by atoms with Crippen molar-refractivity contribution in [3.8, 4) is 0 Å². The third-order valence-corrected chi connectivity index (χ3v) is 4.61. The van der Waals surface area contributed by atoms with Gasteiger partial charge in [0.15, 0.2) is 0 Å². The molecule has 4 heteroatoms. The molecule has 4 nitrogen and oxygen atoms in total. The van der Waals surface area contributed by atoms with Crippen LogP contribution in [0.1, 0.15) is 32.4 Å². The molecule has 116 valence electrons. The first-order valence-corrected chi connectivity index (χ1v) is 8.37. The van der Waals surface area contributed by atoms with Crippen molar-refractivity contribution in [1.82, 2.24) is 15.2 Å². The second kappa shape index (κ2) is 6.75. The molecule has 0 amide bonds. The van der Waals surface area contributed by atoms with E-state index in [-0.39, 0.29) is 0 Å². The summed E-state index contributed by atoms with van der Waals surface area (Å²) in [7, 11) is 0. The van der Waals surface area contributed by atoms with Gasteiger partial charge in [-0.25, -0.2) is 0 Å². The van der Waals surface area contributed by atoms with Crippen LogP contribution in [0.5, 0.6) is 0 Å². The van der Waals surface area contributed by atoms with Gasteiger partial charge in [0.2, 0.25) is 0 Å². The fraction of sp³-hybridized carbons (Fsp3) is 0.706. The van der Waals surface area contributed by atoms with Crippen LogP contribution in [0.15, 0.2) is 18.3 Å². The largest absolute Gasteiger partial charge is 0.369 e. The van der Waals surface area contributed by atoms with Crippen LogP contribution in [0.4, 0.5) is 5.69 Å². The van der Waals surface area contributed by atoms with Gasteiger partial charge in [-0.2, -0.15) is 0 Å². The summed E-state index contributed by atoms with van der Waals surface area (Å²) in [5.74, 6) is 0.684. The Morgan fingerprint density at radius 1 is 1.33 bits per heavy atom. The van der Waals surface area contributed by atoms with Crippen LogP contribution in [-0.2, 0) is 6.54 Å². The van der Waals surface area contributed by atoms with E-state index in [0.29, 0.717) is 5.92 Å². The monoisotopic (exact) mass is 288 g/mol. The summed E-state index contributed by atoms with van der Waals surface area (Å²) in [5, 5.41) is 3.48. The van der Waals surface area contributed by atoms with Gasteiger partial charge in [0.1, 0.15) is 0 Å². The lowest BCUT2D eigenvalue weighted by molar-refractivity contribution is 0.231. The van der Waals surface area contributed by atoms with Crippen LogP contribution in [-0.4, -0.2) is 48.6 Å². The van der Waals surface area contributed by atoms with Crippen LogP contribution in [0, 0.1) is 5.92 Å². The first-order chi connectivity index (χ1) is 10.2. The smallest absolute Gasteiger partial charge is 0.0562 e. The molecule has 1 aromatic rings. The number of piperazine rings is 1. The molecule has 0 saturated carbocycles. The highest BCUT2D eigenvalue weighted by molar-refractivity contribution is 5.47. The number of hydrogen-bond donors (Lipinski definition) is 1. The first-order valence-electron chi connectivity index (χ1n) is 8.37. The molecule has 2 saturated heterocycles. The third-order valence-electron chi connectivity index (χ3n) is 4.61. The van der Waals surface area contributed by atoms with E-state index in [9.17, 15) is 0 Å². The van der Waals surface area contributed by atoms with E-state index >= 15 is 0 Å². The molecule has 3 rings (SSSR count). The molecular formula is C17H28N4. The minimum absolute atomic E-state index is 0.684. The van der Waals surface area contributed by atoms with Crippen molar-refractivity contribution in [1.29, 1.82) is 0 Å². The number of rotatable bonds is 5. The lowest BCUT2D eigenvalue weighted by atomic mass is 10.1. The van der Waals surface area contributed by atoms with Gasteiger partial charge in [-0.05, 0) is 44.0 Å². The van der Waals surface area contributed by atoms with Crippen molar-refractivity contribution in [2.75, 3.05) is 37.6 Å². The van der Waals surface area contributed by atoms with Crippen LogP contribution in [0.25, 0.3) is 0 Å². The molecule has 0 aliphatic carbocycles. The van der Waals surface area contributed by atoms with Crippen molar-refractivity contribution in [2.24, 2.45) is 5.92 Å². The van der Waals surface area contributed by atoms with Gasteiger partial charge < -0.3 is 10.2 Å². The topological polar surface area (TPSA) is 31.4 Å². The molecule has 2 aliphatic heterocycles. The summed E-state index contributed by atoms with van der Waals surface area (Å²) in [6.07, 6.45) is 4.70. The summed E-state index contributed by atoms with van der Waals surface area (Å²) in [5.41, 5.74) is 2.50. The lowest BCUT2D eigenvalue weighted by Gasteiger charge is -2.38. The highest BCUT2D eigenvalue weighted by Crippen LogP contribution is 2.25. The number of fused-ring (bicyclic) bond motifs is 1. The van der Waals surface area contributed by atoms with Gasteiger partial charge >= 0.3 is 0 Å². The van der Waals surface area contributed by atoms with Gasteiger partial charge in [0.05, 0.1) is 5.69 Å². The summed E-state index contributed by atoms with van der Waals surface area (Å²) >= 11 is 0. The van der Waals surface area contributed by atoms with Gasteiger partial charge in [-0.15, -0.1) is 0 Å². The Kier molecular flexibility index (Phi) is 4.76. The highest BCUT2D eigenvalue weighted by atomic mass is 15.3. The molecule has 0 spiro atoms. The summed E-state index contributed by atoms with van der Waals surface area (Å²) in [6, 6.07) is 5.20. The molecular weight excluding hydrogens is 260 g/mol. The van der Waals surface area contributed by atoms with Crippen molar-refractivity contribution in [3.05, 3.63) is 24.0 Å². The third kappa shape index (κ3) is 3.74. The predicted octanol–water partition coefficient (Wildman–Crippen LogP) is 2.11. The Balaban J connectivity index is 1.60. The van der Waals surface area contributed by atoms with E-state index in [2.05, 4.69) is 46.1 Å². The fourth-order valence-electron chi connectivity index (χ4n) is 3.47. The van der Waals surface area contributed by atoms with E-state index in [1.54, 1.807) is 0 Å². The second-order valence-corrected chi connectivity index (χ2v) is 6.81. The van der Waals surface area contributed by atoms with Crippen molar-refractivity contribution < 1.29 is 0 Å². The molecule has 0 bridgehead atoms. The van der Waals surface area contributed by atoms with Crippen molar-refractivity contribution >= 4 is 5.69 Å². The first kappa shape index (κ1) is 14.8. The number of nitrogens with zero attached hydrogens (tertiary/aromatic N) is 3. The fourth-order valence-corrected chi connectivity index (χ4v) is 3.47. The number of aromatic nitrogens is 1. The van der Waals surface area contributed by atoms with Crippen LogP contribution in [0.3, 0.4) is 0 Å². The second-order valence-electron chi connectivity index (χ2n) is 6.81. The Morgan fingerprint density at radius 2 is 2.24 bits per heavy atom. The molecule has 2 aliphatic rings. The average Bonchev–Trinajstić information content (AvgIpc) is 2.94. The number of nitrogens with one attached hydrogen (secondary N) is 1. The van der Waals surface area contributed by atoms with Crippen molar-refractivity contribution in [2.45, 2.75) is 39.3 Å². The van der Waals surface area contributed by atoms with Crippen LogP contribution in [0.2, 0.25) is 0 Å². The average molecular weight is 288 g/mol. The maximum Gasteiger partial charge on any atom is 0.0562 e. The summed E-state index contributed by atoms with van der Waals surface area (Å²) in [4.78, 5) is 9.70. The zero-order valence-corrected chi connectivity index (χ0v) is 13.4. The minimum Gasteiger partial charge on any atom is -0.369 e. The zero-order chi connectivity index (χ0) is 14.7. The zero-order valence-electron chi connectivity index (χ0n) is 13.4. The Hall–Kier alpha value is -1.13.